The second kappa shape index (κ2) is 4.64. The number of aromatic nitrogens is 2. The highest BCUT2D eigenvalue weighted by Crippen LogP contribution is 2.38. The van der Waals surface area contributed by atoms with Crippen molar-refractivity contribution < 1.29 is 0 Å². The predicted molar refractivity (Wildman–Crippen MR) is 76.4 cm³/mol. The maximum Gasteiger partial charge on any atom is 0.131 e. The van der Waals surface area contributed by atoms with Crippen LogP contribution in [0, 0.1) is 5.41 Å². The van der Waals surface area contributed by atoms with Crippen LogP contribution in [0.2, 0.25) is 10.0 Å². The van der Waals surface area contributed by atoms with Crippen molar-refractivity contribution in [1.82, 2.24) is 8.75 Å². The third-order valence-corrected chi connectivity index (χ3v) is 4.16. The van der Waals surface area contributed by atoms with E-state index in [1.807, 2.05) is 4.90 Å². The molecule has 1 saturated heterocycles. The van der Waals surface area contributed by atoms with Crippen molar-refractivity contribution in [3.8, 4) is 0 Å². The lowest BCUT2D eigenvalue weighted by atomic mass is 10.1. The van der Waals surface area contributed by atoms with Crippen molar-refractivity contribution in [3.05, 3.63) is 16.1 Å². The summed E-state index contributed by atoms with van der Waals surface area (Å²) in [5.74, 6) is 0.583. The smallest absolute Gasteiger partial charge is 0.131 e. The number of halogens is 2. The number of rotatable bonds is 1. The minimum atomic E-state index is 0.510. The minimum Gasteiger partial charge on any atom is -0.327 e. The highest BCUT2D eigenvalue weighted by atomic mass is 35.5. The van der Waals surface area contributed by atoms with Gasteiger partial charge in [-0.3, -0.25) is 5.41 Å². The van der Waals surface area contributed by atoms with Gasteiger partial charge >= 0.3 is 0 Å². The average molecular weight is 301 g/mol. The van der Waals surface area contributed by atoms with Gasteiger partial charge in [0.15, 0.2) is 0 Å². The summed E-state index contributed by atoms with van der Waals surface area (Å²) in [4.78, 5) is 1.92. The van der Waals surface area contributed by atoms with Gasteiger partial charge in [-0.05, 0) is 18.9 Å². The molecule has 0 unspecified atom stereocenters. The van der Waals surface area contributed by atoms with Crippen molar-refractivity contribution in [2.24, 2.45) is 0 Å². The first-order valence-corrected chi connectivity index (χ1v) is 7.12. The Morgan fingerprint density at radius 2 is 1.94 bits per heavy atom. The monoisotopic (exact) mass is 300 g/mol. The van der Waals surface area contributed by atoms with Crippen LogP contribution < -0.4 is 4.90 Å². The Kier molecular flexibility index (Phi) is 3.13. The van der Waals surface area contributed by atoms with Gasteiger partial charge < -0.3 is 4.90 Å². The molecular weight excluding hydrogens is 291 g/mol. The van der Waals surface area contributed by atoms with Crippen LogP contribution >= 0.6 is 34.9 Å². The molecule has 4 nitrogen and oxygen atoms in total. The van der Waals surface area contributed by atoms with E-state index in [0.29, 0.717) is 26.9 Å². The Bertz CT molecular complexity index is 625. The summed E-state index contributed by atoms with van der Waals surface area (Å²) in [6, 6.07) is 1.68. The van der Waals surface area contributed by atoms with E-state index in [9.17, 15) is 0 Å². The molecule has 1 aliphatic heterocycles. The third kappa shape index (κ3) is 1.86. The van der Waals surface area contributed by atoms with Gasteiger partial charge in [0.2, 0.25) is 0 Å². The highest BCUT2D eigenvalue weighted by Gasteiger charge is 2.24. The Balaban J connectivity index is 2.21. The third-order valence-electron chi connectivity index (χ3n) is 3.06. The van der Waals surface area contributed by atoms with E-state index in [4.69, 9.17) is 28.6 Å². The zero-order valence-electron chi connectivity index (χ0n) is 9.41. The first-order valence-electron chi connectivity index (χ1n) is 5.63. The van der Waals surface area contributed by atoms with Crippen LogP contribution in [0.25, 0.3) is 11.0 Å². The lowest BCUT2D eigenvalue weighted by Crippen LogP contribution is -2.35. The molecule has 0 aliphatic carbocycles. The van der Waals surface area contributed by atoms with E-state index in [1.54, 1.807) is 6.07 Å². The van der Waals surface area contributed by atoms with Gasteiger partial charge in [0.1, 0.15) is 16.9 Å². The van der Waals surface area contributed by atoms with Crippen LogP contribution in [-0.2, 0) is 0 Å². The molecule has 0 amide bonds. The number of fused-ring (bicyclic) bond motifs is 1. The first-order chi connectivity index (χ1) is 8.68. The van der Waals surface area contributed by atoms with Crippen LogP contribution in [0.4, 0.5) is 5.69 Å². The molecule has 1 aromatic carbocycles. The molecule has 3 rings (SSSR count). The lowest BCUT2D eigenvalue weighted by Gasteiger charge is -2.30. The molecule has 0 spiro atoms. The maximum absolute atomic E-state index is 8.05. The van der Waals surface area contributed by atoms with E-state index < -0.39 is 0 Å². The first kappa shape index (κ1) is 12.1. The van der Waals surface area contributed by atoms with Crippen molar-refractivity contribution >= 4 is 57.5 Å². The van der Waals surface area contributed by atoms with Crippen LogP contribution in [0.3, 0.4) is 0 Å². The number of nitrogens with one attached hydrogen (secondary N) is 1. The quantitative estimate of drug-likeness (QED) is 0.867. The van der Waals surface area contributed by atoms with Crippen molar-refractivity contribution in [2.75, 3.05) is 11.4 Å². The number of nitrogens with zero attached hydrogens (tertiary/aromatic N) is 3. The van der Waals surface area contributed by atoms with E-state index in [1.165, 1.54) is 0 Å². The Morgan fingerprint density at radius 3 is 2.72 bits per heavy atom. The minimum absolute atomic E-state index is 0.510. The topological polar surface area (TPSA) is 52.9 Å². The Morgan fingerprint density at radius 1 is 1.17 bits per heavy atom. The molecular formula is C11H10Cl2N4S. The van der Waals surface area contributed by atoms with E-state index in [0.717, 1.165) is 43.2 Å². The molecule has 0 saturated carbocycles. The van der Waals surface area contributed by atoms with Gasteiger partial charge in [0.25, 0.3) is 0 Å². The Hall–Kier alpha value is -0.910. The summed E-state index contributed by atoms with van der Waals surface area (Å²) in [5, 5.41) is 9.10. The van der Waals surface area contributed by atoms with Crippen molar-refractivity contribution in [3.63, 3.8) is 0 Å². The molecule has 2 heterocycles. The molecule has 2 aromatic rings. The molecule has 94 valence electrons. The zero-order valence-corrected chi connectivity index (χ0v) is 11.7. The fourth-order valence-electron chi connectivity index (χ4n) is 2.20. The number of hydrogen-bond acceptors (Lipinski definition) is 4. The summed E-state index contributed by atoms with van der Waals surface area (Å²) in [6.45, 7) is 0.798. The number of anilines is 1. The van der Waals surface area contributed by atoms with Crippen LogP contribution in [0.5, 0.6) is 0 Å². The number of benzene rings is 1. The van der Waals surface area contributed by atoms with Gasteiger partial charge in [0.05, 0.1) is 27.5 Å². The second-order valence-corrected chi connectivity index (χ2v) is 5.55. The molecule has 0 bridgehead atoms. The summed E-state index contributed by atoms with van der Waals surface area (Å²) in [6.07, 6.45) is 2.89. The van der Waals surface area contributed by atoms with E-state index >= 15 is 0 Å². The Labute approximate surface area is 118 Å². The summed E-state index contributed by atoms with van der Waals surface area (Å²) in [7, 11) is 0. The van der Waals surface area contributed by atoms with Crippen LogP contribution in [0.1, 0.15) is 19.3 Å². The summed E-state index contributed by atoms with van der Waals surface area (Å²) in [5.41, 5.74) is 2.14. The fourth-order valence-corrected chi connectivity index (χ4v) is 3.41. The van der Waals surface area contributed by atoms with E-state index in [2.05, 4.69) is 8.75 Å². The SMILES string of the molecule is N=C1CCCCN1c1c(Cl)cc(Cl)c2nsnc12. The molecule has 1 aliphatic rings. The van der Waals surface area contributed by atoms with Crippen molar-refractivity contribution in [2.45, 2.75) is 19.3 Å². The lowest BCUT2D eigenvalue weighted by molar-refractivity contribution is 0.708. The number of hydrogen-bond donors (Lipinski definition) is 1. The fraction of sp³-hybridized carbons (Fsp3) is 0.364. The van der Waals surface area contributed by atoms with Gasteiger partial charge in [0, 0.05) is 13.0 Å². The second-order valence-electron chi connectivity index (χ2n) is 4.21. The molecule has 1 fully saturated rings. The molecule has 1 N–H and O–H groups in total. The van der Waals surface area contributed by atoms with Gasteiger partial charge in [-0.15, -0.1) is 0 Å². The molecule has 1 aromatic heterocycles. The molecule has 0 atom stereocenters. The molecule has 0 radical (unpaired) electrons. The number of piperidine rings is 1. The highest BCUT2D eigenvalue weighted by molar-refractivity contribution is 7.00. The van der Waals surface area contributed by atoms with Crippen molar-refractivity contribution in [1.29, 1.82) is 5.41 Å². The predicted octanol–water partition coefficient (Wildman–Crippen LogP) is 3.97. The molecule has 7 heteroatoms. The maximum atomic E-state index is 8.05. The zero-order chi connectivity index (χ0) is 12.7. The van der Waals surface area contributed by atoms with E-state index in [-0.39, 0.29) is 0 Å². The number of amidine groups is 1. The van der Waals surface area contributed by atoms with Gasteiger partial charge in [-0.2, -0.15) is 8.75 Å². The van der Waals surface area contributed by atoms with Crippen LogP contribution in [0.15, 0.2) is 6.07 Å². The summed E-state index contributed by atoms with van der Waals surface area (Å²) >= 11 is 13.5. The average Bonchev–Trinajstić information content (AvgIpc) is 2.81. The summed E-state index contributed by atoms with van der Waals surface area (Å²) < 4.78 is 8.46. The normalized spacial score (nSPS) is 16.6. The van der Waals surface area contributed by atoms with Gasteiger partial charge in [-0.1, -0.05) is 23.2 Å². The van der Waals surface area contributed by atoms with Gasteiger partial charge in [-0.25, -0.2) is 0 Å². The molecule has 18 heavy (non-hydrogen) atoms. The largest absolute Gasteiger partial charge is 0.327 e. The van der Waals surface area contributed by atoms with Crippen LogP contribution in [-0.4, -0.2) is 21.1 Å². The standard InChI is InChI=1S/C11H10Cl2N4S/c12-6-5-7(13)11(10-9(6)15-18-16-10)17-4-2-1-3-8(17)14/h5,14H,1-4H2.